The van der Waals surface area contributed by atoms with Crippen molar-refractivity contribution < 1.29 is 9.90 Å². The summed E-state index contributed by atoms with van der Waals surface area (Å²) in [5.74, 6) is -0.0696. The first-order chi connectivity index (χ1) is 6.68. The summed E-state index contributed by atoms with van der Waals surface area (Å²) in [7, 11) is 0. The zero-order chi connectivity index (χ0) is 10.1. The number of rotatable bonds is 1. The van der Waals surface area contributed by atoms with Crippen LogP contribution in [-0.4, -0.2) is 11.0 Å². The maximum atomic E-state index is 10.9. The van der Waals surface area contributed by atoms with Crippen LogP contribution < -0.4 is 5.32 Å². The van der Waals surface area contributed by atoms with Gasteiger partial charge >= 0.3 is 0 Å². The van der Waals surface area contributed by atoms with Crippen LogP contribution in [-0.2, 0) is 11.2 Å². The van der Waals surface area contributed by atoms with Gasteiger partial charge in [-0.1, -0.05) is 12.1 Å². The minimum atomic E-state index is -0.362. The number of fused-ring (bicyclic) bond motifs is 1. The minimum absolute atomic E-state index is 0.0696. The Morgan fingerprint density at radius 3 is 3.07 bits per heavy atom. The van der Waals surface area contributed by atoms with Crippen LogP contribution in [0.5, 0.6) is 0 Å². The summed E-state index contributed by atoms with van der Waals surface area (Å²) < 4.78 is 0. The van der Waals surface area contributed by atoms with Crippen molar-refractivity contribution in [2.24, 2.45) is 0 Å². The predicted octanol–water partition coefficient (Wildman–Crippen LogP) is 1.62. The molecular formula is C11H13NO2. The fourth-order valence-corrected chi connectivity index (χ4v) is 1.94. The molecule has 1 atom stereocenters. The molecule has 2 rings (SSSR count). The summed E-state index contributed by atoms with van der Waals surface area (Å²) in [6.45, 7) is 1.49. The van der Waals surface area contributed by atoms with Crippen LogP contribution in [0.15, 0.2) is 18.2 Å². The molecule has 1 unspecified atom stereocenters. The van der Waals surface area contributed by atoms with Crippen molar-refractivity contribution in [1.29, 1.82) is 0 Å². The zero-order valence-electron chi connectivity index (χ0n) is 8.08. The molecule has 3 nitrogen and oxygen atoms in total. The molecule has 1 amide bonds. The molecule has 1 aromatic rings. The van der Waals surface area contributed by atoms with Crippen LogP contribution in [0.4, 0.5) is 5.69 Å². The Hall–Kier alpha value is -1.35. The quantitative estimate of drug-likeness (QED) is 0.708. The molecule has 0 spiro atoms. The third-order valence-corrected chi connectivity index (χ3v) is 2.55. The van der Waals surface area contributed by atoms with Crippen LogP contribution in [0.2, 0.25) is 0 Å². The third-order valence-electron chi connectivity index (χ3n) is 2.55. The number of nitrogens with one attached hydrogen (secondary N) is 1. The molecule has 2 N–H and O–H groups in total. The van der Waals surface area contributed by atoms with Crippen molar-refractivity contribution in [2.45, 2.75) is 25.9 Å². The summed E-state index contributed by atoms with van der Waals surface area (Å²) in [6, 6.07) is 5.65. The number of anilines is 1. The first-order valence-electron chi connectivity index (χ1n) is 4.76. The molecule has 0 fully saturated rings. The minimum Gasteiger partial charge on any atom is -0.388 e. The molecular weight excluding hydrogens is 178 g/mol. The zero-order valence-corrected chi connectivity index (χ0v) is 8.08. The van der Waals surface area contributed by atoms with Gasteiger partial charge in [-0.25, -0.2) is 0 Å². The number of aliphatic hydroxyl groups is 1. The van der Waals surface area contributed by atoms with E-state index in [4.69, 9.17) is 0 Å². The van der Waals surface area contributed by atoms with E-state index in [1.165, 1.54) is 6.92 Å². The van der Waals surface area contributed by atoms with Crippen molar-refractivity contribution in [3.05, 3.63) is 29.3 Å². The average Bonchev–Trinajstić information content (AvgIpc) is 2.49. The SMILES string of the molecule is CC(=O)Nc1cccc2c1CCC2O. The molecule has 0 saturated heterocycles. The summed E-state index contributed by atoms with van der Waals surface area (Å²) >= 11 is 0. The first kappa shape index (κ1) is 9.21. The van der Waals surface area contributed by atoms with E-state index in [0.717, 1.165) is 29.7 Å². The second kappa shape index (κ2) is 3.42. The van der Waals surface area contributed by atoms with E-state index in [1.807, 2.05) is 18.2 Å². The Balaban J connectivity index is 2.39. The molecule has 1 aliphatic carbocycles. The maximum absolute atomic E-state index is 10.9. The normalized spacial score (nSPS) is 19.1. The van der Waals surface area contributed by atoms with E-state index in [-0.39, 0.29) is 12.0 Å². The number of hydrogen-bond acceptors (Lipinski definition) is 2. The topological polar surface area (TPSA) is 49.3 Å². The summed E-state index contributed by atoms with van der Waals surface area (Å²) in [5, 5.41) is 12.4. The van der Waals surface area contributed by atoms with Gasteiger partial charge in [0.15, 0.2) is 0 Å². The van der Waals surface area contributed by atoms with Gasteiger partial charge in [-0.15, -0.1) is 0 Å². The number of aliphatic hydroxyl groups excluding tert-OH is 1. The molecule has 0 aliphatic heterocycles. The lowest BCUT2D eigenvalue weighted by molar-refractivity contribution is -0.114. The standard InChI is InChI=1S/C11H13NO2/c1-7(13)12-10-4-2-3-9-8(10)5-6-11(9)14/h2-4,11,14H,5-6H2,1H3,(H,12,13). The molecule has 1 aromatic carbocycles. The number of carbonyl (C=O) groups excluding carboxylic acids is 1. The second-order valence-electron chi connectivity index (χ2n) is 3.61. The summed E-state index contributed by atoms with van der Waals surface area (Å²) in [4.78, 5) is 10.9. The van der Waals surface area contributed by atoms with Gasteiger partial charge in [0, 0.05) is 12.6 Å². The van der Waals surface area contributed by atoms with E-state index in [0.29, 0.717) is 0 Å². The Kier molecular flexibility index (Phi) is 2.25. The highest BCUT2D eigenvalue weighted by Gasteiger charge is 2.22. The van der Waals surface area contributed by atoms with Crippen LogP contribution in [0.25, 0.3) is 0 Å². The van der Waals surface area contributed by atoms with Crippen molar-refractivity contribution in [1.82, 2.24) is 0 Å². The van der Waals surface area contributed by atoms with Crippen molar-refractivity contribution in [2.75, 3.05) is 5.32 Å². The van der Waals surface area contributed by atoms with E-state index in [9.17, 15) is 9.90 Å². The van der Waals surface area contributed by atoms with Crippen molar-refractivity contribution >= 4 is 11.6 Å². The second-order valence-corrected chi connectivity index (χ2v) is 3.61. The Morgan fingerprint density at radius 2 is 2.36 bits per heavy atom. The van der Waals surface area contributed by atoms with E-state index in [1.54, 1.807) is 0 Å². The lowest BCUT2D eigenvalue weighted by Crippen LogP contribution is -2.08. The van der Waals surface area contributed by atoms with Gasteiger partial charge < -0.3 is 10.4 Å². The predicted molar refractivity (Wildman–Crippen MR) is 54.0 cm³/mol. The molecule has 0 radical (unpaired) electrons. The van der Waals surface area contributed by atoms with Gasteiger partial charge in [-0.05, 0) is 30.0 Å². The van der Waals surface area contributed by atoms with Gasteiger partial charge in [-0.2, -0.15) is 0 Å². The highest BCUT2D eigenvalue weighted by molar-refractivity contribution is 5.89. The fourth-order valence-electron chi connectivity index (χ4n) is 1.94. The number of benzene rings is 1. The van der Waals surface area contributed by atoms with Gasteiger partial charge in [-0.3, -0.25) is 4.79 Å². The number of hydrogen-bond donors (Lipinski definition) is 2. The molecule has 0 aromatic heterocycles. The van der Waals surface area contributed by atoms with E-state index >= 15 is 0 Å². The monoisotopic (exact) mass is 191 g/mol. The smallest absolute Gasteiger partial charge is 0.221 e. The van der Waals surface area contributed by atoms with Gasteiger partial charge in [0.25, 0.3) is 0 Å². The van der Waals surface area contributed by atoms with E-state index < -0.39 is 0 Å². The van der Waals surface area contributed by atoms with Crippen molar-refractivity contribution in [3.8, 4) is 0 Å². The largest absolute Gasteiger partial charge is 0.388 e. The van der Waals surface area contributed by atoms with Gasteiger partial charge in [0.05, 0.1) is 6.10 Å². The molecule has 0 bridgehead atoms. The first-order valence-corrected chi connectivity index (χ1v) is 4.76. The van der Waals surface area contributed by atoms with Crippen LogP contribution in [0.3, 0.4) is 0 Å². The van der Waals surface area contributed by atoms with Crippen molar-refractivity contribution in [3.63, 3.8) is 0 Å². The molecule has 1 aliphatic rings. The van der Waals surface area contributed by atoms with Gasteiger partial charge in [0.1, 0.15) is 0 Å². The highest BCUT2D eigenvalue weighted by atomic mass is 16.3. The van der Waals surface area contributed by atoms with Crippen LogP contribution >= 0.6 is 0 Å². The Morgan fingerprint density at radius 1 is 1.57 bits per heavy atom. The molecule has 74 valence electrons. The molecule has 0 heterocycles. The van der Waals surface area contributed by atoms with Gasteiger partial charge in [0.2, 0.25) is 5.91 Å². The summed E-state index contributed by atoms with van der Waals surface area (Å²) in [5.41, 5.74) is 2.87. The molecule has 3 heteroatoms. The molecule has 0 saturated carbocycles. The number of amides is 1. The Labute approximate surface area is 82.8 Å². The fraction of sp³-hybridized carbons (Fsp3) is 0.364. The lowest BCUT2D eigenvalue weighted by atomic mass is 10.1. The van der Waals surface area contributed by atoms with E-state index in [2.05, 4.69) is 5.32 Å². The highest BCUT2D eigenvalue weighted by Crippen LogP contribution is 2.35. The van der Waals surface area contributed by atoms with Crippen LogP contribution in [0, 0.1) is 0 Å². The average molecular weight is 191 g/mol. The lowest BCUT2D eigenvalue weighted by Gasteiger charge is -2.09. The maximum Gasteiger partial charge on any atom is 0.221 e. The van der Waals surface area contributed by atoms with Crippen LogP contribution in [0.1, 0.15) is 30.6 Å². The molecule has 14 heavy (non-hydrogen) atoms. The summed E-state index contributed by atoms with van der Waals surface area (Å²) in [6.07, 6.45) is 1.23. The number of carbonyl (C=O) groups is 1. The Bertz CT molecular complexity index is 374. The third kappa shape index (κ3) is 1.51.